The van der Waals surface area contributed by atoms with Crippen molar-refractivity contribution in [2.24, 2.45) is 17.8 Å². The molecule has 0 bridgehead atoms. The lowest BCUT2D eigenvalue weighted by atomic mass is 10.2. The highest BCUT2D eigenvalue weighted by Gasteiger charge is 2.57. The third kappa shape index (κ3) is 2.38. The Morgan fingerprint density at radius 2 is 2.09 bits per heavy atom. The Morgan fingerprint density at radius 3 is 2.82 bits per heavy atom. The molecule has 4 rings (SSSR count). The molecule has 0 amide bonds. The first-order valence-electron chi connectivity index (χ1n) is 7.46. The van der Waals surface area contributed by atoms with Crippen molar-refractivity contribution in [1.29, 1.82) is 0 Å². The van der Waals surface area contributed by atoms with Crippen molar-refractivity contribution in [3.05, 3.63) is 23.8 Å². The molecule has 1 aromatic carbocycles. The van der Waals surface area contributed by atoms with Crippen molar-refractivity contribution in [2.75, 3.05) is 6.61 Å². The van der Waals surface area contributed by atoms with E-state index in [1.807, 2.05) is 0 Å². The zero-order chi connectivity index (χ0) is 15.5. The van der Waals surface area contributed by atoms with Gasteiger partial charge in [-0.05, 0) is 36.3 Å². The monoisotopic (exact) mass is 323 g/mol. The maximum atomic E-state index is 12.4. The second kappa shape index (κ2) is 4.70. The number of hydrogen-bond acceptors (Lipinski definition) is 4. The molecule has 0 saturated heterocycles. The lowest BCUT2D eigenvalue weighted by Gasteiger charge is -2.08. The van der Waals surface area contributed by atoms with Crippen molar-refractivity contribution in [2.45, 2.75) is 30.2 Å². The number of rotatable bonds is 5. The number of carboxylic acid groups (broad SMARTS) is 1. The first-order chi connectivity index (χ1) is 10.5. The van der Waals surface area contributed by atoms with Crippen LogP contribution in [0, 0.1) is 17.8 Å². The van der Waals surface area contributed by atoms with E-state index in [9.17, 15) is 13.2 Å². The fourth-order valence-corrected chi connectivity index (χ4v) is 4.69. The van der Waals surface area contributed by atoms with Gasteiger partial charge in [0.1, 0.15) is 5.75 Å². The molecule has 2 aliphatic carbocycles. The summed E-state index contributed by atoms with van der Waals surface area (Å²) in [5, 5.41) is 8.93. The van der Waals surface area contributed by atoms with E-state index in [0.717, 1.165) is 18.4 Å². The minimum absolute atomic E-state index is 0.131. The Bertz CT molecular complexity index is 744. The first-order valence-corrected chi connectivity index (χ1v) is 8.95. The Morgan fingerprint density at radius 1 is 1.27 bits per heavy atom. The van der Waals surface area contributed by atoms with E-state index >= 15 is 0 Å². The topological polar surface area (TPSA) is 92.7 Å². The minimum atomic E-state index is -3.57. The van der Waals surface area contributed by atoms with Crippen LogP contribution in [0.15, 0.2) is 23.1 Å². The molecular formula is C15H17NO5S. The van der Waals surface area contributed by atoms with Crippen LogP contribution >= 0.6 is 0 Å². The van der Waals surface area contributed by atoms with Crippen LogP contribution in [0.4, 0.5) is 0 Å². The average Bonchev–Trinajstić information content (AvgIpc) is 3.34. The summed E-state index contributed by atoms with van der Waals surface area (Å²) in [7, 11) is -3.57. The summed E-state index contributed by atoms with van der Waals surface area (Å²) in [6.45, 7) is 0.592. The third-order valence-electron chi connectivity index (χ3n) is 4.83. The van der Waals surface area contributed by atoms with Gasteiger partial charge in [-0.15, -0.1) is 0 Å². The molecule has 1 aliphatic heterocycles. The molecule has 118 valence electrons. The zero-order valence-corrected chi connectivity index (χ0v) is 12.7. The Labute approximate surface area is 128 Å². The van der Waals surface area contributed by atoms with Crippen LogP contribution in [0.3, 0.4) is 0 Å². The number of nitrogens with one attached hydrogen (secondary N) is 1. The maximum Gasteiger partial charge on any atom is 0.306 e. The number of carboxylic acids is 1. The van der Waals surface area contributed by atoms with E-state index in [0.29, 0.717) is 18.8 Å². The highest BCUT2D eigenvalue weighted by molar-refractivity contribution is 7.89. The molecule has 0 unspecified atom stereocenters. The summed E-state index contributed by atoms with van der Waals surface area (Å²) in [5.41, 5.74) is 1.03. The molecule has 0 aromatic heterocycles. The van der Waals surface area contributed by atoms with Crippen LogP contribution in [0.2, 0.25) is 0 Å². The van der Waals surface area contributed by atoms with E-state index < -0.39 is 16.0 Å². The van der Waals surface area contributed by atoms with Crippen LogP contribution < -0.4 is 9.46 Å². The highest BCUT2D eigenvalue weighted by atomic mass is 32.2. The van der Waals surface area contributed by atoms with E-state index in [-0.39, 0.29) is 28.7 Å². The molecule has 1 aromatic rings. The lowest BCUT2D eigenvalue weighted by molar-refractivity contribution is -0.138. The fraction of sp³-hybridized carbons (Fsp3) is 0.533. The van der Waals surface area contributed by atoms with Gasteiger partial charge in [0.2, 0.25) is 10.0 Å². The summed E-state index contributed by atoms with van der Waals surface area (Å²) in [6, 6.07) is 4.83. The van der Waals surface area contributed by atoms with Gasteiger partial charge in [-0.25, -0.2) is 13.1 Å². The summed E-state index contributed by atoms with van der Waals surface area (Å²) in [4.78, 5) is 11.1. The number of aliphatic carboxylic acids is 1. The van der Waals surface area contributed by atoms with Crippen LogP contribution in [0.25, 0.3) is 0 Å². The number of carbonyl (C=O) groups is 1. The minimum Gasteiger partial charge on any atom is -0.493 e. The Balaban J connectivity index is 1.44. The molecule has 0 spiro atoms. The third-order valence-corrected chi connectivity index (χ3v) is 6.32. The predicted octanol–water partition coefficient (Wildman–Crippen LogP) is 1.01. The zero-order valence-electron chi connectivity index (χ0n) is 11.9. The highest BCUT2D eigenvalue weighted by Crippen LogP contribution is 2.54. The molecule has 2 saturated carbocycles. The lowest BCUT2D eigenvalue weighted by Crippen LogP contribution is -2.27. The van der Waals surface area contributed by atoms with Gasteiger partial charge in [0.25, 0.3) is 0 Å². The molecule has 22 heavy (non-hydrogen) atoms. The SMILES string of the molecule is O=C(O)[C@@H]1C[C@@H]1[C@@H]1C[C@@H]1NS(=O)(=O)c1ccc2c(c1)OCC2. The second-order valence-corrected chi connectivity index (χ2v) is 8.05. The van der Waals surface area contributed by atoms with Crippen molar-refractivity contribution in [3.8, 4) is 5.75 Å². The van der Waals surface area contributed by atoms with E-state index in [1.165, 1.54) is 0 Å². The standard InChI is InChI=1S/C15H17NO5S/c17-15(18)12-6-10(12)11-7-13(11)16-22(19,20)9-2-1-8-3-4-21-14(8)5-9/h1-2,5,10-13,16H,3-4,6-7H2,(H,17,18)/t10-,11+,12-,13+/m1/s1. The average molecular weight is 323 g/mol. The maximum absolute atomic E-state index is 12.4. The number of benzene rings is 1. The molecule has 1 heterocycles. The van der Waals surface area contributed by atoms with Crippen molar-refractivity contribution < 1.29 is 23.1 Å². The van der Waals surface area contributed by atoms with Crippen LogP contribution in [-0.2, 0) is 21.2 Å². The predicted molar refractivity (Wildman–Crippen MR) is 77.1 cm³/mol. The van der Waals surface area contributed by atoms with Crippen molar-refractivity contribution in [1.82, 2.24) is 4.72 Å². The van der Waals surface area contributed by atoms with Gasteiger partial charge in [-0.2, -0.15) is 0 Å². The molecular weight excluding hydrogens is 306 g/mol. The summed E-state index contributed by atoms with van der Waals surface area (Å²) in [5.74, 6) is -0.111. The largest absolute Gasteiger partial charge is 0.493 e. The van der Waals surface area contributed by atoms with Gasteiger partial charge >= 0.3 is 5.97 Å². The molecule has 3 aliphatic rings. The van der Waals surface area contributed by atoms with Crippen molar-refractivity contribution in [3.63, 3.8) is 0 Å². The number of sulfonamides is 1. The molecule has 2 N–H and O–H groups in total. The molecule has 6 nitrogen and oxygen atoms in total. The number of ether oxygens (including phenoxy) is 1. The van der Waals surface area contributed by atoms with Crippen molar-refractivity contribution >= 4 is 16.0 Å². The Kier molecular flexibility index (Phi) is 2.99. The van der Waals surface area contributed by atoms with Crippen LogP contribution in [-0.4, -0.2) is 32.1 Å². The Hall–Kier alpha value is -1.60. The summed E-state index contributed by atoms with van der Waals surface area (Å²) < 4.78 is 32.9. The molecule has 4 atom stereocenters. The van der Waals surface area contributed by atoms with Gasteiger partial charge in [0.15, 0.2) is 0 Å². The first kappa shape index (κ1) is 14.0. The summed E-state index contributed by atoms with van der Waals surface area (Å²) in [6.07, 6.45) is 2.21. The second-order valence-electron chi connectivity index (χ2n) is 6.34. The van der Waals surface area contributed by atoms with E-state index in [4.69, 9.17) is 9.84 Å². The van der Waals surface area contributed by atoms with E-state index in [1.54, 1.807) is 18.2 Å². The smallest absolute Gasteiger partial charge is 0.306 e. The normalized spacial score (nSPS) is 32.2. The van der Waals surface area contributed by atoms with Gasteiger partial charge in [-0.1, -0.05) is 6.07 Å². The van der Waals surface area contributed by atoms with E-state index in [2.05, 4.69) is 4.72 Å². The summed E-state index contributed by atoms with van der Waals surface area (Å²) >= 11 is 0. The number of fused-ring (bicyclic) bond motifs is 1. The van der Waals surface area contributed by atoms with Gasteiger partial charge in [-0.3, -0.25) is 4.79 Å². The van der Waals surface area contributed by atoms with Crippen LogP contribution in [0.1, 0.15) is 18.4 Å². The molecule has 7 heteroatoms. The quantitative estimate of drug-likeness (QED) is 0.843. The fourth-order valence-electron chi connectivity index (χ4n) is 3.38. The van der Waals surface area contributed by atoms with Gasteiger partial charge in [0, 0.05) is 18.5 Å². The van der Waals surface area contributed by atoms with Gasteiger partial charge < -0.3 is 9.84 Å². The van der Waals surface area contributed by atoms with Crippen LogP contribution in [0.5, 0.6) is 5.75 Å². The molecule has 0 radical (unpaired) electrons. The molecule has 2 fully saturated rings. The number of hydrogen-bond donors (Lipinski definition) is 2. The van der Waals surface area contributed by atoms with Gasteiger partial charge in [0.05, 0.1) is 17.4 Å².